The van der Waals surface area contributed by atoms with Crippen molar-refractivity contribution < 1.29 is 14.6 Å². The van der Waals surface area contributed by atoms with E-state index in [1.807, 2.05) is 89.8 Å². The lowest BCUT2D eigenvalue weighted by molar-refractivity contribution is -0.138. The highest BCUT2D eigenvalue weighted by atomic mass is 32.1. The van der Waals surface area contributed by atoms with Crippen molar-refractivity contribution in [2.45, 2.75) is 12.1 Å². The molecule has 0 radical (unpaired) electrons. The molecule has 0 saturated heterocycles. The number of hydrogen-bond donors (Lipinski definition) is 2. The Bertz CT molecular complexity index is 845. The average molecular weight is 394 g/mol. The summed E-state index contributed by atoms with van der Waals surface area (Å²) in [4.78, 5) is 14.0. The maximum atomic E-state index is 12.1. The van der Waals surface area contributed by atoms with Gasteiger partial charge in [0.2, 0.25) is 0 Å². The molecular weight excluding hydrogens is 370 g/mol. The van der Waals surface area contributed by atoms with Gasteiger partial charge in [0.15, 0.2) is 0 Å². The van der Waals surface area contributed by atoms with Gasteiger partial charge >= 0.3 is 5.97 Å². The highest BCUT2D eigenvalue weighted by molar-refractivity contribution is 7.80. The minimum Gasteiger partial charge on any atom is -0.497 e. The smallest absolute Gasteiger partial charge is 0.327 e. The van der Waals surface area contributed by atoms with Crippen LogP contribution in [0.1, 0.15) is 17.2 Å². The zero-order valence-corrected chi connectivity index (χ0v) is 16.5. The molecule has 1 atom stereocenters. The molecule has 0 spiro atoms. The summed E-state index contributed by atoms with van der Waals surface area (Å²) in [5.41, 5.74) is 2.81. The summed E-state index contributed by atoms with van der Waals surface area (Å²) in [6, 6.07) is 26.2. The van der Waals surface area contributed by atoms with Crippen molar-refractivity contribution in [3.63, 3.8) is 0 Å². The second-order valence-electron chi connectivity index (χ2n) is 6.37. The Hall–Kier alpha value is -2.92. The first-order valence-corrected chi connectivity index (χ1v) is 9.65. The first-order valence-electron chi connectivity index (χ1n) is 9.01. The first-order chi connectivity index (χ1) is 13.7. The average Bonchev–Trinajstić information content (AvgIpc) is 2.75. The number of hydrogen-bond acceptors (Lipinski definition) is 4. The zero-order chi connectivity index (χ0) is 19.9. The van der Waals surface area contributed by atoms with E-state index in [0.29, 0.717) is 0 Å². The fourth-order valence-electron chi connectivity index (χ4n) is 3.33. The molecule has 28 heavy (non-hydrogen) atoms. The number of carbonyl (C=O) groups is 1. The lowest BCUT2D eigenvalue weighted by Crippen LogP contribution is -2.45. The highest BCUT2D eigenvalue weighted by Crippen LogP contribution is 2.36. The Balaban J connectivity index is 2.19. The van der Waals surface area contributed by atoms with Crippen molar-refractivity contribution in [1.82, 2.24) is 0 Å². The number of carboxylic acid groups (broad SMARTS) is 1. The lowest BCUT2D eigenvalue weighted by atomic mass is 9.95. The van der Waals surface area contributed by atoms with E-state index in [2.05, 4.69) is 12.6 Å². The fraction of sp³-hybridized carbons (Fsp3) is 0.174. The number of methoxy groups -OCH3 is 1. The topological polar surface area (TPSA) is 49.8 Å². The largest absolute Gasteiger partial charge is 0.497 e. The van der Waals surface area contributed by atoms with Crippen molar-refractivity contribution in [1.29, 1.82) is 0 Å². The molecule has 3 rings (SSSR count). The van der Waals surface area contributed by atoms with E-state index in [9.17, 15) is 9.90 Å². The van der Waals surface area contributed by atoms with Crippen LogP contribution < -0.4 is 9.64 Å². The van der Waals surface area contributed by atoms with Crippen LogP contribution in [0.15, 0.2) is 84.9 Å². The molecular formula is C23H23NO3S. The van der Waals surface area contributed by atoms with Gasteiger partial charge in [-0.3, -0.25) is 0 Å². The predicted molar refractivity (Wildman–Crippen MR) is 115 cm³/mol. The Labute approximate surface area is 170 Å². The molecule has 0 aromatic heterocycles. The van der Waals surface area contributed by atoms with Gasteiger partial charge in [-0.15, -0.1) is 0 Å². The highest BCUT2D eigenvalue weighted by Gasteiger charge is 2.32. The summed E-state index contributed by atoms with van der Waals surface area (Å²) < 4.78 is 5.26. The first kappa shape index (κ1) is 19.8. The number of thiol groups is 1. The maximum Gasteiger partial charge on any atom is 0.327 e. The van der Waals surface area contributed by atoms with Gasteiger partial charge in [-0.25, -0.2) is 4.79 Å². The van der Waals surface area contributed by atoms with Gasteiger partial charge in [-0.05, 0) is 35.4 Å². The number of rotatable bonds is 8. The van der Waals surface area contributed by atoms with E-state index in [1.54, 1.807) is 7.11 Å². The van der Waals surface area contributed by atoms with Crippen LogP contribution in [0.2, 0.25) is 0 Å². The Kier molecular flexibility index (Phi) is 6.61. The number of anilines is 1. The van der Waals surface area contributed by atoms with E-state index in [0.717, 1.165) is 22.6 Å². The van der Waals surface area contributed by atoms with Gasteiger partial charge in [0.1, 0.15) is 11.8 Å². The molecule has 1 N–H and O–H groups in total. The van der Waals surface area contributed by atoms with Crippen molar-refractivity contribution >= 4 is 24.3 Å². The predicted octanol–water partition coefficient (Wildman–Crippen LogP) is 4.67. The van der Waals surface area contributed by atoms with Crippen LogP contribution in [-0.2, 0) is 4.79 Å². The SMILES string of the molecule is COc1ccc(N(C(c2ccccc2)c2ccccc2)[C@@H](CS)C(=O)O)cc1. The number of ether oxygens (including phenoxy) is 1. The van der Waals surface area contributed by atoms with Gasteiger partial charge in [0.05, 0.1) is 13.2 Å². The summed E-state index contributed by atoms with van der Waals surface area (Å²) >= 11 is 4.36. The Morgan fingerprint density at radius 3 is 1.82 bits per heavy atom. The monoisotopic (exact) mass is 393 g/mol. The summed E-state index contributed by atoms with van der Waals surface area (Å²) in [7, 11) is 1.61. The Morgan fingerprint density at radius 2 is 1.43 bits per heavy atom. The molecule has 144 valence electrons. The van der Waals surface area contributed by atoms with E-state index in [4.69, 9.17) is 4.74 Å². The molecule has 0 bridgehead atoms. The molecule has 3 aromatic rings. The van der Waals surface area contributed by atoms with Crippen LogP contribution in [0.25, 0.3) is 0 Å². The molecule has 3 aromatic carbocycles. The third kappa shape index (κ3) is 4.31. The zero-order valence-electron chi connectivity index (χ0n) is 15.6. The standard InChI is InChI=1S/C23H23NO3S/c1-27-20-14-12-19(13-15-20)24(21(16-28)23(25)26)22(17-8-4-2-5-9-17)18-10-6-3-7-11-18/h2-15,21-22,28H,16H2,1H3,(H,25,26)/t21-/m0/s1. The van der Waals surface area contributed by atoms with Crippen LogP contribution in [0.4, 0.5) is 5.69 Å². The van der Waals surface area contributed by atoms with Crippen LogP contribution in [0, 0.1) is 0 Å². The summed E-state index contributed by atoms with van der Waals surface area (Å²) in [5.74, 6) is -0.0162. The molecule has 0 aliphatic carbocycles. The molecule has 0 amide bonds. The van der Waals surface area contributed by atoms with Crippen LogP contribution in [0.5, 0.6) is 5.75 Å². The van der Waals surface area contributed by atoms with E-state index in [1.165, 1.54) is 0 Å². The second kappa shape index (κ2) is 9.33. The second-order valence-corrected chi connectivity index (χ2v) is 6.73. The normalized spacial score (nSPS) is 11.8. The minimum absolute atomic E-state index is 0.178. The molecule has 0 aliphatic rings. The van der Waals surface area contributed by atoms with Gasteiger partial charge in [-0.1, -0.05) is 60.7 Å². The molecule has 0 heterocycles. The Morgan fingerprint density at radius 1 is 0.929 bits per heavy atom. The number of benzene rings is 3. The van der Waals surface area contributed by atoms with Crippen molar-refractivity contribution in [2.75, 3.05) is 17.8 Å². The van der Waals surface area contributed by atoms with Crippen LogP contribution in [0.3, 0.4) is 0 Å². The number of carboxylic acids is 1. The lowest BCUT2D eigenvalue weighted by Gasteiger charge is -2.38. The third-order valence-corrected chi connectivity index (χ3v) is 5.02. The third-order valence-electron chi connectivity index (χ3n) is 4.67. The number of nitrogens with zero attached hydrogens (tertiary/aromatic N) is 1. The molecule has 4 nitrogen and oxygen atoms in total. The fourth-order valence-corrected chi connectivity index (χ4v) is 3.66. The summed E-state index contributed by atoms with van der Waals surface area (Å²) in [6.07, 6.45) is 0. The van der Waals surface area contributed by atoms with E-state index >= 15 is 0 Å². The van der Waals surface area contributed by atoms with Gasteiger partial charge in [-0.2, -0.15) is 12.6 Å². The molecule has 5 heteroatoms. The van der Waals surface area contributed by atoms with Crippen LogP contribution >= 0.6 is 12.6 Å². The van der Waals surface area contributed by atoms with Gasteiger partial charge in [0.25, 0.3) is 0 Å². The summed E-state index contributed by atoms with van der Waals surface area (Å²) in [5, 5.41) is 9.93. The van der Waals surface area contributed by atoms with Gasteiger partial charge in [0, 0.05) is 11.4 Å². The van der Waals surface area contributed by atoms with Crippen molar-refractivity contribution in [3.8, 4) is 5.75 Å². The molecule has 0 saturated carbocycles. The van der Waals surface area contributed by atoms with E-state index in [-0.39, 0.29) is 11.8 Å². The van der Waals surface area contributed by atoms with Gasteiger partial charge < -0.3 is 14.7 Å². The number of aliphatic carboxylic acids is 1. The molecule has 0 unspecified atom stereocenters. The van der Waals surface area contributed by atoms with Crippen LogP contribution in [-0.4, -0.2) is 30.0 Å². The van der Waals surface area contributed by atoms with Crippen molar-refractivity contribution in [3.05, 3.63) is 96.1 Å². The summed E-state index contributed by atoms with van der Waals surface area (Å²) in [6.45, 7) is 0. The van der Waals surface area contributed by atoms with E-state index < -0.39 is 12.0 Å². The quantitative estimate of drug-likeness (QED) is 0.546. The minimum atomic E-state index is -0.914. The molecule has 0 fully saturated rings. The molecule has 0 aliphatic heterocycles. The maximum absolute atomic E-state index is 12.1. The van der Waals surface area contributed by atoms with Crippen molar-refractivity contribution in [2.24, 2.45) is 0 Å².